The van der Waals surface area contributed by atoms with E-state index in [1.165, 1.54) is 16.8 Å². The molecule has 0 aliphatic carbocycles. The van der Waals surface area contributed by atoms with Crippen molar-refractivity contribution in [2.24, 2.45) is 0 Å². The van der Waals surface area contributed by atoms with E-state index in [1.807, 2.05) is 4.90 Å². The van der Waals surface area contributed by atoms with Gasteiger partial charge in [-0.3, -0.25) is 15.0 Å². The van der Waals surface area contributed by atoms with Crippen LogP contribution in [0, 0.1) is 18.6 Å². The van der Waals surface area contributed by atoms with Gasteiger partial charge in [0.1, 0.15) is 12.4 Å². The highest BCUT2D eigenvalue weighted by Crippen LogP contribution is 2.32. The van der Waals surface area contributed by atoms with E-state index >= 15 is 0 Å². The molecule has 0 bridgehead atoms. The molecular formula is C31H31F5N6O3. The molecule has 2 aromatic heterocycles. The molecule has 2 N–H and O–H groups in total. The summed E-state index contributed by atoms with van der Waals surface area (Å²) < 4.78 is 74.4. The van der Waals surface area contributed by atoms with Gasteiger partial charge in [-0.05, 0) is 42.8 Å². The maximum Gasteiger partial charge on any atom is 0.406 e. The number of urea groups is 1. The highest BCUT2D eigenvalue weighted by atomic mass is 19.4. The quantitative estimate of drug-likeness (QED) is 0.252. The third-order valence-corrected chi connectivity index (χ3v) is 7.66. The van der Waals surface area contributed by atoms with Crippen LogP contribution in [0.5, 0.6) is 0 Å². The molecule has 2 aromatic carbocycles. The monoisotopic (exact) mass is 630 g/mol. The van der Waals surface area contributed by atoms with Gasteiger partial charge in [0.25, 0.3) is 5.56 Å². The number of pyridine rings is 1. The molecule has 1 saturated heterocycles. The predicted octanol–water partition coefficient (Wildman–Crippen LogP) is 5.09. The van der Waals surface area contributed by atoms with E-state index < -0.39 is 42.0 Å². The summed E-state index contributed by atoms with van der Waals surface area (Å²) in [5.41, 5.74) is 1.23. The fourth-order valence-electron chi connectivity index (χ4n) is 5.49. The number of para-hydroxylation sites is 1. The zero-order chi connectivity index (χ0) is 32.3. The number of alkyl halides is 3. The van der Waals surface area contributed by atoms with Crippen LogP contribution in [0.25, 0.3) is 16.9 Å². The average Bonchev–Trinajstić information content (AvgIpc) is 3.54. The van der Waals surface area contributed by atoms with Crippen molar-refractivity contribution in [2.45, 2.75) is 31.6 Å². The molecule has 9 nitrogen and oxygen atoms in total. The molecule has 5 rings (SSSR count). The number of carbonyl (C=O) groups excluding carboxylic acids is 1. The Morgan fingerprint density at radius 1 is 1.04 bits per heavy atom. The minimum absolute atomic E-state index is 0.248. The van der Waals surface area contributed by atoms with Gasteiger partial charge in [-0.15, -0.1) is 0 Å². The van der Waals surface area contributed by atoms with Crippen LogP contribution in [0.15, 0.2) is 71.7 Å². The van der Waals surface area contributed by atoms with E-state index in [1.54, 1.807) is 44.4 Å². The van der Waals surface area contributed by atoms with Crippen LogP contribution in [-0.4, -0.2) is 70.8 Å². The summed E-state index contributed by atoms with van der Waals surface area (Å²) in [6.45, 7) is 2.09. The minimum atomic E-state index is -4.61. The molecule has 45 heavy (non-hydrogen) atoms. The lowest BCUT2D eigenvalue weighted by atomic mass is 9.94. The Morgan fingerprint density at radius 2 is 1.80 bits per heavy atom. The third-order valence-electron chi connectivity index (χ3n) is 7.66. The Labute approximate surface area is 255 Å². The largest absolute Gasteiger partial charge is 0.406 e. The smallest absolute Gasteiger partial charge is 0.383 e. The maximum atomic E-state index is 14.1. The zero-order valence-corrected chi connectivity index (χ0v) is 24.4. The van der Waals surface area contributed by atoms with Gasteiger partial charge >= 0.3 is 12.2 Å². The summed E-state index contributed by atoms with van der Waals surface area (Å²) in [4.78, 5) is 27.7. The van der Waals surface area contributed by atoms with Crippen LogP contribution >= 0.6 is 0 Å². The SMILES string of the molecule is COCCN1CC(NC(=O)Nc2c(C)c(-c3ccc(=O)n(CC(F)(F)F)c3)nn2-c2ccccc2)C(c2ccc(F)c(F)c2)C1. The number of rotatable bonds is 9. The number of ether oxygens (including phenoxy) is 1. The Bertz CT molecular complexity index is 1720. The molecule has 3 heterocycles. The van der Waals surface area contributed by atoms with Crippen LogP contribution in [0.3, 0.4) is 0 Å². The van der Waals surface area contributed by atoms with E-state index in [9.17, 15) is 31.5 Å². The summed E-state index contributed by atoms with van der Waals surface area (Å²) in [5, 5.41) is 10.4. The van der Waals surface area contributed by atoms with Gasteiger partial charge in [-0.1, -0.05) is 24.3 Å². The van der Waals surface area contributed by atoms with E-state index in [-0.39, 0.29) is 23.0 Å². The van der Waals surface area contributed by atoms with Gasteiger partial charge < -0.3 is 14.6 Å². The lowest BCUT2D eigenvalue weighted by Crippen LogP contribution is -2.42. The topological polar surface area (TPSA) is 93.4 Å². The molecule has 2 unspecified atom stereocenters. The second-order valence-electron chi connectivity index (χ2n) is 10.8. The summed E-state index contributed by atoms with van der Waals surface area (Å²) in [6, 6.07) is 13.8. The molecule has 1 fully saturated rings. The number of anilines is 1. The first-order valence-electron chi connectivity index (χ1n) is 14.1. The van der Waals surface area contributed by atoms with Gasteiger partial charge in [0, 0.05) is 56.1 Å². The number of benzene rings is 2. The third kappa shape index (κ3) is 7.40. The number of carbonyl (C=O) groups is 1. The van der Waals surface area contributed by atoms with Crippen molar-refractivity contribution in [3.8, 4) is 16.9 Å². The normalized spacial score (nSPS) is 17.0. The van der Waals surface area contributed by atoms with Gasteiger partial charge in [0.2, 0.25) is 0 Å². The standard InChI is InChI=1S/C31H31F5N6O3/c1-19-28(21-9-11-27(43)41(15-21)18-31(34,35)36)39-42(22-6-4-3-5-7-22)29(19)38-30(44)37-26-17-40(12-13-45-2)16-23(26)20-8-10-24(32)25(33)14-20/h3-11,14-15,23,26H,12-13,16-18H2,1-2H3,(H2,37,38,44). The number of nitrogens with zero attached hydrogens (tertiary/aromatic N) is 4. The van der Waals surface area contributed by atoms with E-state index in [0.717, 1.165) is 24.4 Å². The molecule has 2 amide bonds. The van der Waals surface area contributed by atoms with Gasteiger partial charge in [0.05, 0.1) is 24.0 Å². The Hall–Kier alpha value is -4.56. The number of nitrogens with one attached hydrogen (secondary N) is 2. The molecule has 238 valence electrons. The van der Waals surface area contributed by atoms with Crippen molar-refractivity contribution in [2.75, 3.05) is 38.7 Å². The summed E-state index contributed by atoms with van der Waals surface area (Å²) in [5.74, 6) is -2.05. The van der Waals surface area contributed by atoms with Crippen molar-refractivity contribution in [1.82, 2.24) is 24.6 Å². The van der Waals surface area contributed by atoms with Gasteiger partial charge in [0.15, 0.2) is 11.6 Å². The number of methoxy groups -OCH3 is 1. The van der Waals surface area contributed by atoms with Crippen molar-refractivity contribution < 1.29 is 31.5 Å². The highest BCUT2D eigenvalue weighted by molar-refractivity contribution is 5.91. The molecule has 0 radical (unpaired) electrons. The van der Waals surface area contributed by atoms with E-state index in [2.05, 4.69) is 15.7 Å². The predicted molar refractivity (Wildman–Crippen MR) is 157 cm³/mol. The van der Waals surface area contributed by atoms with E-state index in [0.29, 0.717) is 47.6 Å². The molecular weight excluding hydrogens is 599 g/mol. The lowest BCUT2D eigenvalue weighted by Gasteiger charge is -2.21. The summed E-state index contributed by atoms with van der Waals surface area (Å²) in [7, 11) is 1.57. The maximum absolute atomic E-state index is 14.1. The Morgan fingerprint density at radius 3 is 2.49 bits per heavy atom. The average molecular weight is 631 g/mol. The molecule has 1 aliphatic rings. The number of halogens is 5. The van der Waals surface area contributed by atoms with Crippen molar-refractivity contribution >= 4 is 11.8 Å². The molecule has 4 aromatic rings. The molecule has 14 heteroatoms. The molecule has 0 spiro atoms. The minimum Gasteiger partial charge on any atom is -0.383 e. The number of hydrogen-bond donors (Lipinski definition) is 2. The molecule has 0 saturated carbocycles. The molecule has 2 atom stereocenters. The van der Waals surface area contributed by atoms with Gasteiger partial charge in [-0.2, -0.15) is 18.3 Å². The Kier molecular flexibility index (Phi) is 9.34. The second kappa shape index (κ2) is 13.2. The first-order valence-corrected chi connectivity index (χ1v) is 14.1. The van der Waals surface area contributed by atoms with Crippen molar-refractivity contribution in [3.63, 3.8) is 0 Å². The number of amides is 2. The van der Waals surface area contributed by atoms with Gasteiger partial charge in [-0.25, -0.2) is 18.3 Å². The van der Waals surface area contributed by atoms with Crippen LogP contribution in [0.1, 0.15) is 17.0 Å². The summed E-state index contributed by atoms with van der Waals surface area (Å²) >= 11 is 0. The fraction of sp³-hybridized carbons (Fsp3) is 0.323. The number of aromatic nitrogens is 3. The van der Waals surface area contributed by atoms with E-state index in [4.69, 9.17) is 4.74 Å². The fourth-order valence-corrected chi connectivity index (χ4v) is 5.49. The lowest BCUT2D eigenvalue weighted by molar-refractivity contribution is -0.141. The highest BCUT2D eigenvalue weighted by Gasteiger charge is 2.35. The van der Waals surface area contributed by atoms with Crippen LogP contribution < -0.4 is 16.2 Å². The zero-order valence-electron chi connectivity index (χ0n) is 24.4. The Balaban J connectivity index is 1.46. The van der Waals surface area contributed by atoms with Crippen LogP contribution in [-0.2, 0) is 11.3 Å². The summed E-state index contributed by atoms with van der Waals surface area (Å²) in [6.07, 6.45) is -3.52. The first-order chi connectivity index (χ1) is 21.4. The van der Waals surface area contributed by atoms with Crippen molar-refractivity contribution in [3.05, 3.63) is 100.0 Å². The molecule has 1 aliphatic heterocycles. The van der Waals surface area contributed by atoms with Crippen LogP contribution in [0.4, 0.5) is 32.6 Å². The van der Waals surface area contributed by atoms with Crippen LogP contribution in [0.2, 0.25) is 0 Å². The number of hydrogen-bond acceptors (Lipinski definition) is 5. The second-order valence-corrected chi connectivity index (χ2v) is 10.8. The van der Waals surface area contributed by atoms with Crippen molar-refractivity contribution in [1.29, 1.82) is 0 Å². The number of likely N-dealkylation sites (tertiary alicyclic amines) is 1. The first kappa shape index (κ1) is 31.9.